The zero-order valence-corrected chi connectivity index (χ0v) is 24.9. The summed E-state index contributed by atoms with van der Waals surface area (Å²) in [6.45, 7) is 9.25. The summed E-state index contributed by atoms with van der Waals surface area (Å²) in [5.74, 6) is -1.46. The van der Waals surface area contributed by atoms with Crippen LogP contribution in [0.3, 0.4) is 0 Å². The molecule has 0 aromatic carbocycles. The van der Waals surface area contributed by atoms with Gasteiger partial charge in [-0.25, -0.2) is 13.2 Å². The number of nitrogens with one attached hydrogen (secondary N) is 1. The van der Waals surface area contributed by atoms with Crippen LogP contribution >= 0.6 is 0 Å². The largest absolute Gasteiger partial charge is 0.444 e. The number of sulfone groups is 1. The maximum Gasteiger partial charge on any atom is 0.410 e. The van der Waals surface area contributed by atoms with Crippen molar-refractivity contribution in [3.05, 3.63) is 0 Å². The first kappa shape index (κ1) is 30.1. The smallest absolute Gasteiger partial charge is 0.410 e. The van der Waals surface area contributed by atoms with E-state index in [1.165, 1.54) is 24.2 Å². The Balaban J connectivity index is 1.46. The van der Waals surface area contributed by atoms with Gasteiger partial charge in [-0.2, -0.15) is 0 Å². The molecule has 0 aromatic rings. The van der Waals surface area contributed by atoms with Gasteiger partial charge in [0.15, 0.2) is 9.84 Å². The second-order valence-electron chi connectivity index (χ2n) is 13.2. The van der Waals surface area contributed by atoms with Crippen LogP contribution < -0.4 is 5.32 Å². The number of carbonyl (C=O) groups excluding carboxylic acids is 3. The standard InChI is InChI=1S/C28H47N3O7S/c1-20(37-15-21-11-7-5-8-12-21)23(25(33)30-13-9-6-10-14-30)29-24(32)22-16-39(35,36)19-28(22)17-31(18-28)26(34)38-27(2,3)4/h20-23H,5-19H2,1-4H3,(H,29,32)/t20-,22?,23+/m1/s1. The number of hydrogen-bond donors (Lipinski definition) is 1. The summed E-state index contributed by atoms with van der Waals surface area (Å²) in [6.07, 6.45) is 7.71. The third kappa shape index (κ3) is 7.45. The second kappa shape index (κ2) is 11.9. The van der Waals surface area contributed by atoms with Crippen LogP contribution in [0.5, 0.6) is 0 Å². The Labute approximate surface area is 233 Å². The summed E-state index contributed by atoms with van der Waals surface area (Å²) in [6, 6.07) is -0.887. The highest BCUT2D eigenvalue weighted by molar-refractivity contribution is 7.91. The Morgan fingerprint density at radius 3 is 2.21 bits per heavy atom. The molecule has 4 rings (SSSR count). The van der Waals surface area contributed by atoms with E-state index in [1.807, 2.05) is 6.92 Å². The molecule has 0 aromatic heterocycles. The first-order valence-corrected chi connectivity index (χ1v) is 16.5. The number of amides is 3. The molecule has 1 N–H and O–H groups in total. The van der Waals surface area contributed by atoms with Gasteiger partial charge < -0.3 is 24.6 Å². The quantitative estimate of drug-likeness (QED) is 0.500. The van der Waals surface area contributed by atoms with Crippen molar-refractivity contribution < 1.29 is 32.3 Å². The predicted octanol–water partition coefficient (Wildman–Crippen LogP) is 2.75. The van der Waals surface area contributed by atoms with Gasteiger partial charge >= 0.3 is 6.09 Å². The van der Waals surface area contributed by atoms with E-state index in [9.17, 15) is 22.8 Å². The molecule has 39 heavy (non-hydrogen) atoms. The van der Waals surface area contributed by atoms with Crippen molar-refractivity contribution in [1.29, 1.82) is 0 Å². The number of carbonyl (C=O) groups is 3. The van der Waals surface area contributed by atoms with E-state index in [-0.39, 0.29) is 30.5 Å². The number of likely N-dealkylation sites (tertiary alicyclic amines) is 2. The lowest BCUT2D eigenvalue weighted by molar-refractivity contribution is -0.145. The second-order valence-corrected chi connectivity index (χ2v) is 15.3. The molecule has 4 fully saturated rings. The van der Waals surface area contributed by atoms with Crippen LogP contribution in [0, 0.1) is 17.3 Å². The van der Waals surface area contributed by atoms with Crippen molar-refractivity contribution in [1.82, 2.24) is 15.1 Å². The molecule has 222 valence electrons. The van der Waals surface area contributed by atoms with E-state index in [2.05, 4.69) is 5.32 Å². The van der Waals surface area contributed by atoms with Crippen LogP contribution in [-0.4, -0.2) is 98.2 Å². The van der Waals surface area contributed by atoms with Gasteiger partial charge in [-0.15, -0.1) is 0 Å². The molecule has 11 heteroatoms. The lowest BCUT2D eigenvalue weighted by atomic mass is 9.71. The lowest BCUT2D eigenvalue weighted by Gasteiger charge is -2.49. The molecule has 3 heterocycles. The highest BCUT2D eigenvalue weighted by Gasteiger charge is 2.61. The minimum atomic E-state index is -3.48. The Bertz CT molecular complexity index is 1010. The van der Waals surface area contributed by atoms with Crippen LogP contribution in [0.4, 0.5) is 4.79 Å². The summed E-state index contributed by atoms with van der Waals surface area (Å²) in [4.78, 5) is 43.1. The van der Waals surface area contributed by atoms with Crippen molar-refractivity contribution in [3.8, 4) is 0 Å². The molecule has 3 aliphatic heterocycles. The zero-order valence-electron chi connectivity index (χ0n) is 24.1. The Hall–Kier alpha value is -1.88. The van der Waals surface area contributed by atoms with Crippen molar-refractivity contribution in [2.75, 3.05) is 44.3 Å². The molecule has 1 aliphatic carbocycles. The first-order chi connectivity index (χ1) is 18.3. The zero-order chi connectivity index (χ0) is 28.4. The van der Waals surface area contributed by atoms with Crippen LogP contribution in [0.15, 0.2) is 0 Å². The molecule has 1 unspecified atom stereocenters. The fraction of sp³-hybridized carbons (Fsp3) is 0.893. The van der Waals surface area contributed by atoms with Gasteiger partial charge in [-0.1, -0.05) is 19.3 Å². The number of ether oxygens (including phenoxy) is 2. The summed E-state index contributed by atoms with van der Waals surface area (Å²) in [5, 5.41) is 2.93. The van der Waals surface area contributed by atoms with Crippen LogP contribution in [0.1, 0.15) is 79.1 Å². The predicted molar refractivity (Wildman–Crippen MR) is 147 cm³/mol. The maximum atomic E-state index is 13.7. The van der Waals surface area contributed by atoms with Crippen molar-refractivity contribution in [2.45, 2.75) is 96.8 Å². The average Bonchev–Trinajstić information content (AvgIpc) is 3.16. The lowest BCUT2D eigenvalue weighted by Crippen LogP contribution is -2.65. The summed E-state index contributed by atoms with van der Waals surface area (Å²) < 4.78 is 37.1. The van der Waals surface area contributed by atoms with Gasteiger partial charge in [0.2, 0.25) is 11.8 Å². The molecule has 0 bridgehead atoms. The molecule has 3 atom stereocenters. The van der Waals surface area contributed by atoms with E-state index in [1.54, 1.807) is 25.7 Å². The van der Waals surface area contributed by atoms with Crippen molar-refractivity contribution in [3.63, 3.8) is 0 Å². The minimum absolute atomic E-state index is 0.137. The van der Waals surface area contributed by atoms with Crippen LogP contribution in [0.25, 0.3) is 0 Å². The summed E-state index contributed by atoms with van der Waals surface area (Å²) in [7, 11) is -3.48. The van der Waals surface area contributed by atoms with E-state index in [0.717, 1.165) is 32.1 Å². The van der Waals surface area contributed by atoms with E-state index >= 15 is 0 Å². The fourth-order valence-corrected chi connectivity index (χ4v) is 8.94. The molecule has 0 radical (unpaired) electrons. The van der Waals surface area contributed by atoms with E-state index in [4.69, 9.17) is 9.47 Å². The highest BCUT2D eigenvalue weighted by Crippen LogP contribution is 2.46. The molecular weight excluding hydrogens is 522 g/mol. The van der Waals surface area contributed by atoms with Gasteiger partial charge in [0.05, 0.1) is 23.5 Å². The SMILES string of the molecule is C[C@@H](OCC1CCCCC1)[C@H](NC(=O)C1CS(=O)(=O)CC12CN(C(=O)OC(C)(C)C)C2)C(=O)N1CCCCC1. The van der Waals surface area contributed by atoms with Crippen molar-refractivity contribution >= 4 is 27.7 Å². The number of nitrogens with zero attached hydrogens (tertiary/aromatic N) is 2. The molecule has 10 nitrogen and oxygen atoms in total. The van der Waals surface area contributed by atoms with Gasteiger partial charge in [-0.3, -0.25) is 9.59 Å². The molecule has 3 amide bonds. The summed E-state index contributed by atoms with van der Waals surface area (Å²) in [5.41, 5.74) is -1.54. The third-order valence-corrected chi connectivity index (χ3v) is 10.5. The average molecular weight is 570 g/mol. The molecule has 1 spiro atoms. The third-order valence-electron chi connectivity index (χ3n) is 8.67. The Kier molecular flexibility index (Phi) is 9.20. The monoisotopic (exact) mass is 569 g/mol. The molecular formula is C28H47N3O7S. The topological polar surface area (TPSA) is 122 Å². The van der Waals surface area contributed by atoms with Crippen LogP contribution in [-0.2, 0) is 28.9 Å². The Morgan fingerprint density at radius 1 is 0.974 bits per heavy atom. The molecule has 1 saturated carbocycles. The van der Waals surface area contributed by atoms with Crippen molar-refractivity contribution in [2.24, 2.45) is 17.3 Å². The maximum absolute atomic E-state index is 13.7. The van der Waals surface area contributed by atoms with Gasteiger partial charge in [0.25, 0.3) is 0 Å². The van der Waals surface area contributed by atoms with E-state index < -0.39 is 50.9 Å². The van der Waals surface area contributed by atoms with Crippen LogP contribution in [0.2, 0.25) is 0 Å². The van der Waals surface area contributed by atoms with Gasteiger partial charge in [0, 0.05) is 38.2 Å². The van der Waals surface area contributed by atoms with Gasteiger partial charge in [-0.05, 0) is 65.7 Å². The molecule has 4 aliphatic rings. The highest BCUT2D eigenvalue weighted by atomic mass is 32.2. The number of piperidine rings is 1. The van der Waals surface area contributed by atoms with E-state index in [0.29, 0.717) is 25.6 Å². The number of rotatable bonds is 7. The fourth-order valence-electron chi connectivity index (χ4n) is 6.55. The molecule has 3 saturated heterocycles. The normalized spacial score (nSPS) is 26.5. The number of hydrogen-bond acceptors (Lipinski definition) is 7. The van der Waals surface area contributed by atoms with Gasteiger partial charge in [0.1, 0.15) is 11.6 Å². The first-order valence-electron chi connectivity index (χ1n) is 14.7. The Morgan fingerprint density at radius 2 is 1.59 bits per heavy atom. The summed E-state index contributed by atoms with van der Waals surface area (Å²) >= 11 is 0. The minimum Gasteiger partial charge on any atom is -0.444 e.